The third-order valence-corrected chi connectivity index (χ3v) is 2.97. The van der Waals surface area contributed by atoms with Crippen molar-refractivity contribution in [3.8, 4) is 6.01 Å². The van der Waals surface area contributed by atoms with Crippen LogP contribution < -0.4 is 10.1 Å². The van der Waals surface area contributed by atoms with E-state index >= 15 is 0 Å². The number of aryl methyl sites for hydroxylation is 1. The quantitative estimate of drug-likeness (QED) is 0.856. The van der Waals surface area contributed by atoms with Crippen molar-refractivity contribution < 1.29 is 4.74 Å². The Morgan fingerprint density at radius 3 is 2.63 bits per heavy atom. The van der Waals surface area contributed by atoms with Gasteiger partial charge in [-0.3, -0.25) is 0 Å². The van der Waals surface area contributed by atoms with Crippen LogP contribution in [0.15, 0.2) is 30.5 Å². The number of hydrogen-bond acceptors (Lipinski definition) is 4. The highest BCUT2D eigenvalue weighted by atomic mass is 35.5. The fraction of sp³-hybridized carbons (Fsp3) is 0.231. The summed E-state index contributed by atoms with van der Waals surface area (Å²) in [7, 11) is 1.51. The predicted molar refractivity (Wildman–Crippen MR) is 77.7 cm³/mol. The number of ether oxygens (including phenoxy) is 1. The van der Waals surface area contributed by atoms with Crippen molar-refractivity contribution in [2.24, 2.45) is 0 Å². The summed E-state index contributed by atoms with van der Waals surface area (Å²) in [5.41, 5.74) is 2.08. The lowest BCUT2D eigenvalue weighted by Gasteiger charge is -2.08. The topological polar surface area (TPSA) is 47.0 Å². The molecule has 1 N–H and O–H groups in total. The van der Waals surface area contributed by atoms with Gasteiger partial charge in [0.25, 0.3) is 0 Å². The predicted octanol–water partition coefficient (Wildman–Crippen LogP) is 3.66. The highest BCUT2D eigenvalue weighted by Gasteiger charge is 2.06. The van der Waals surface area contributed by atoms with E-state index in [4.69, 9.17) is 27.9 Å². The molecule has 6 heteroatoms. The number of alkyl halides is 1. The first-order chi connectivity index (χ1) is 9.22. The number of benzene rings is 1. The Bertz CT molecular complexity index is 546. The number of hydrogen-bond donors (Lipinski definition) is 1. The molecule has 0 aliphatic rings. The number of halogens is 2. The van der Waals surface area contributed by atoms with Gasteiger partial charge in [0.1, 0.15) is 5.02 Å². The second-order valence-corrected chi connectivity index (χ2v) is 4.60. The van der Waals surface area contributed by atoms with Crippen LogP contribution in [0.25, 0.3) is 0 Å². The maximum absolute atomic E-state index is 6.02. The van der Waals surface area contributed by atoms with Crippen molar-refractivity contribution in [1.29, 1.82) is 0 Å². The van der Waals surface area contributed by atoms with Gasteiger partial charge in [0.15, 0.2) is 5.82 Å². The highest BCUT2D eigenvalue weighted by Crippen LogP contribution is 2.24. The van der Waals surface area contributed by atoms with Crippen molar-refractivity contribution in [1.82, 2.24) is 9.97 Å². The normalized spacial score (nSPS) is 10.3. The molecule has 0 atom stereocenters. The van der Waals surface area contributed by atoms with Gasteiger partial charge in [0, 0.05) is 11.6 Å². The molecule has 0 unspecified atom stereocenters. The van der Waals surface area contributed by atoms with Crippen LogP contribution in [0, 0.1) is 0 Å². The van der Waals surface area contributed by atoms with Gasteiger partial charge in [-0.05, 0) is 24.1 Å². The molecule has 1 heterocycles. The Morgan fingerprint density at radius 1 is 1.26 bits per heavy atom. The molecule has 0 aliphatic heterocycles. The highest BCUT2D eigenvalue weighted by molar-refractivity contribution is 6.32. The molecule has 0 fully saturated rings. The standard InChI is InChI=1S/C13H13Cl2N3O/c1-19-13-16-8-11(15)12(18-13)17-10-4-2-9(3-5-10)6-7-14/h2-5,8H,6-7H2,1H3,(H,16,17,18). The van der Waals surface area contributed by atoms with Crippen LogP contribution in [0.2, 0.25) is 5.02 Å². The zero-order valence-electron chi connectivity index (χ0n) is 10.4. The summed E-state index contributed by atoms with van der Waals surface area (Å²) in [5.74, 6) is 1.13. The Balaban J connectivity index is 2.16. The average molecular weight is 298 g/mol. The summed E-state index contributed by atoms with van der Waals surface area (Å²) in [6, 6.07) is 8.19. The molecule has 19 heavy (non-hydrogen) atoms. The third kappa shape index (κ3) is 3.72. The van der Waals surface area contributed by atoms with Gasteiger partial charge in [-0.1, -0.05) is 23.7 Å². The van der Waals surface area contributed by atoms with Crippen molar-refractivity contribution in [2.75, 3.05) is 18.3 Å². The Hall–Kier alpha value is -1.52. The van der Waals surface area contributed by atoms with Gasteiger partial charge in [-0.2, -0.15) is 4.98 Å². The molecule has 100 valence electrons. The summed E-state index contributed by atoms with van der Waals surface area (Å²) in [6.45, 7) is 0. The lowest BCUT2D eigenvalue weighted by atomic mass is 10.1. The number of anilines is 2. The third-order valence-electron chi connectivity index (χ3n) is 2.50. The van der Waals surface area contributed by atoms with Crippen LogP contribution in [-0.2, 0) is 6.42 Å². The molecule has 2 rings (SSSR count). The first-order valence-electron chi connectivity index (χ1n) is 5.71. The second-order valence-electron chi connectivity index (χ2n) is 3.81. The number of methoxy groups -OCH3 is 1. The van der Waals surface area contributed by atoms with Gasteiger partial charge in [0.2, 0.25) is 0 Å². The van der Waals surface area contributed by atoms with E-state index in [1.165, 1.54) is 18.9 Å². The van der Waals surface area contributed by atoms with Gasteiger partial charge in [0.05, 0.1) is 13.3 Å². The van der Waals surface area contributed by atoms with Crippen LogP contribution >= 0.6 is 23.2 Å². The SMILES string of the molecule is COc1ncc(Cl)c(Nc2ccc(CCCl)cc2)n1. The second kappa shape index (κ2) is 6.59. The molecule has 0 spiro atoms. The molecular weight excluding hydrogens is 285 g/mol. The minimum Gasteiger partial charge on any atom is -0.467 e. The molecule has 1 aromatic heterocycles. The van der Waals surface area contributed by atoms with E-state index in [1.807, 2.05) is 24.3 Å². The summed E-state index contributed by atoms with van der Waals surface area (Å²) in [5, 5.41) is 3.56. The first-order valence-corrected chi connectivity index (χ1v) is 6.62. The molecule has 0 amide bonds. The van der Waals surface area contributed by atoms with E-state index < -0.39 is 0 Å². The number of rotatable bonds is 5. The fourth-order valence-corrected chi connectivity index (χ4v) is 1.89. The Kier molecular flexibility index (Phi) is 4.82. The molecule has 0 saturated carbocycles. The maximum Gasteiger partial charge on any atom is 0.318 e. The van der Waals surface area contributed by atoms with Gasteiger partial charge >= 0.3 is 6.01 Å². The smallest absolute Gasteiger partial charge is 0.318 e. The van der Waals surface area contributed by atoms with Crippen molar-refractivity contribution in [3.63, 3.8) is 0 Å². The molecular formula is C13H13Cl2N3O. The molecule has 2 aromatic rings. The van der Waals surface area contributed by atoms with E-state index in [1.54, 1.807) is 0 Å². The van der Waals surface area contributed by atoms with E-state index in [-0.39, 0.29) is 6.01 Å². The van der Waals surface area contributed by atoms with E-state index in [0.29, 0.717) is 16.7 Å². The summed E-state index contributed by atoms with van der Waals surface area (Å²) >= 11 is 11.7. The van der Waals surface area contributed by atoms with Crippen LogP contribution in [0.1, 0.15) is 5.56 Å². The van der Waals surface area contributed by atoms with Gasteiger partial charge in [-0.15, -0.1) is 11.6 Å². The number of aromatic nitrogens is 2. The summed E-state index contributed by atoms with van der Waals surface area (Å²) in [6.07, 6.45) is 2.35. The van der Waals surface area contributed by atoms with Crippen molar-refractivity contribution >= 4 is 34.7 Å². The van der Waals surface area contributed by atoms with E-state index in [2.05, 4.69) is 15.3 Å². The Morgan fingerprint density at radius 2 is 2.00 bits per heavy atom. The Labute approximate surface area is 121 Å². The van der Waals surface area contributed by atoms with Crippen LogP contribution in [-0.4, -0.2) is 23.0 Å². The molecule has 1 aromatic carbocycles. The lowest BCUT2D eigenvalue weighted by molar-refractivity contribution is 0.380. The first kappa shape index (κ1) is 13.9. The fourth-order valence-electron chi connectivity index (χ4n) is 1.54. The largest absolute Gasteiger partial charge is 0.467 e. The van der Waals surface area contributed by atoms with Gasteiger partial charge in [-0.25, -0.2) is 4.98 Å². The number of nitrogens with zero attached hydrogens (tertiary/aromatic N) is 2. The molecule has 0 radical (unpaired) electrons. The zero-order valence-corrected chi connectivity index (χ0v) is 11.9. The zero-order chi connectivity index (χ0) is 13.7. The summed E-state index contributed by atoms with van der Waals surface area (Å²) in [4.78, 5) is 8.06. The molecule has 0 aliphatic carbocycles. The molecule has 4 nitrogen and oxygen atoms in total. The minimum absolute atomic E-state index is 0.269. The lowest BCUT2D eigenvalue weighted by Crippen LogP contribution is -1.99. The van der Waals surface area contributed by atoms with Crippen molar-refractivity contribution in [2.45, 2.75) is 6.42 Å². The van der Waals surface area contributed by atoms with Crippen LogP contribution in [0.3, 0.4) is 0 Å². The van der Waals surface area contributed by atoms with E-state index in [9.17, 15) is 0 Å². The minimum atomic E-state index is 0.269. The van der Waals surface area contributed by atoms with Crippen molar-refractivity contribution in [3.05, 3.63) is 41.0 Å². The summed E-state index contributed by atoms with van der Waals surface area (Å²) < 4.78 is 4.96. The molecule has 0 bridgehead atoms. The van der Waals surface area contributed by atoms with E-state index in [0.717, 1.165) is 12.1 Å². The maximum atomic E-state index is 6.02. The van der Waals surface area contributed by atoms with Crippen LogP contribution in [0.4, 0.5) is 11.5 Å². The average Bonchev–Trinajstić information content (AvgIpc) is 2.44. The number of nitrogens with one attached hydrogen (secondary N) is 1. The van der Waals surface area contributed by atoms with Crippen LogP contribution in [0.5, 0.6) is 6.01 Å². The molecule has 0 saturated heterocycles. The monoisotopic (exact) mass is 297 g/mol. The van der Waals surface area contributed by atoms with Gasteiger partial charge < -0.3 is 10.1 Å².